The summed E-state index contributed by atoms with van der Waals surface area (Å²) in [4.78, 5) is 2.45. The summed E-state index contributed by atoms with van der Waals surface area (Å²) in [6, 6.07) is 1.37. The van der Waals surface area contributed by atoms with Gasteiger partial charge in [-0.25, -0.2) is 0 Å². The molecule has 0 bridgehead atoms. The first kappa shape index (κ1) is 14.9. The van der Waals surface area contributed by atoms with E-state index in [2.05, 4.69) is 31.1 Å². The minimum absolute atomic E-state index is 0.211. The second-order valence-corrected chi connectivity index (χ2v) is 5.79. The zero-order valence-corrected chi connectivity index (χ0v) is 11.8. The molecule has 0 aliphatic heterocycles. The molecule has 1 rings (SSSR count). The Balaban J connectivity index is 2.36. The van der Waals surface area contributed by atoms with Gasteiger partial charge in [0.25, 0.3) is 0 Å². The molecule has 0 heterocycles. The highest BCUT2D eigenvalue weighted by Gasteiger charge is 2.19. The van der Waals surface area contributed by atoms with Crippen LogP contribution >= 0.6 is 0 Å². The number of nitrogens with zero attached hydrogens (tertiary/aromatic N) is 1. The van der Waals surface area contributed by atoms with Gasteiger partial charge in [0.2, 0.25) is 0 Å². The van der Waals surface area contributed by atoms with Crippen molar-refractivity contribution >= 4 is 0 Å². The number of rotatable bonds is 6. The average Bonchev–Trinajstić information content (AvgIpc) is 2.55. The molecule has 0 aromatic rings. The molecule has 1 fully saturated rings. The Morgan fingerprint density at radius 1 is 1.18 bits per heavy atom. The normalized spacial score (nSPS) is 20.8. The van der Waals surface area contributed by atoms with Crippen molar-refractivity contribution in [2.75, 3.05) is 20.2 Å². The molecule has 2 N–H and O–H groups in total. The number of nitrogens with one attached hydrogen (secondary N) is 1. The lowest BCUT2D eigenvalue weighted by Gasteiger charge is -2.31. The standard InChI is InChI=1S/C14H30N2O/c1-12(2)15-13(11-17)10-16(3)14-8-6-4-5-7-9-14/h12-15,17H,4-11H2,1-3H3. The number of likely N-dealkylation sites (N-methyl/N-ethyl adjacent to an activating group) is 1. The Labute approximate surface area is 107 Å². The molecule has 0 aromatic carbocycles. The van der Waals surface area contributed by atoms with Crippen LogP contribution in [0.4, 0.5) is 0 Å². The predicted molar refractivity (Wildman–Crippen MR) is 73.3 cm³/mol. The molecule has 0 radical (unpaired) electrons. The second kappa shape index (κ2) is 8.06. The van der Waals surface area contributed by atoms with E-state index in [4.69, 9.17) is 0 Å². The fourth-order valence-corrected chi connectivity index (χ4v) is 2.83. The van der Waals surface area contributed by atoms with E-state index in [1.165, 1.54) is 38.5 Å². The summed E-state index contributed by atoms with van der Waals surface area (Å²) in [6.45, 7) is 5.46. The van der Waals surface area contributed by atoms with Crippen LogP contribution in [0.2, 0.25) is 0 Å². The first-order valence-electron chi connectivity index (χ1n) is 7.20. The molecule has 3 nitrogen and oxygen atoms in total. The van der Waals surface area contributed by atoms with Crippen molar-refractivity contribution < 1.29 is 5.11 Å². The lowest BCUT2D eigenvalue weighted by Crippen LogP contribution is -2.47. The highest BCUT2D eigenvalue weighted by Crippen LogP contribution is 2.21. The third kappa shape index (κ3) is 5.84. The monoisotopic (exact) mass is 242 g/mol. The first-order chi connectivity index (χ1) is 8.13. The third-order valence-electron chi connectivity index (χ3n) is 3.75. The van der Waals surface area contributed by atoms with Gasteiger partial charge in [-0.15, -0.1) is 0 Å². The molecular weight excluding hydrogens is 212 g/mol. The fourth-order valence-electron chi connectivity index (χ4n) is 2.83. The Bertz CT molecular complexity index is 189. The molecule has 0 saturated heterocycles. The maximum absolute atomic E-state index is 9.39. The summed E-state index contributed by atoms with van der Waals surface area (Å²) >= 11 is 0. The van der Waals surface area contributed by atoms with Crippen molar-refractivity contribution in [2.24, 2.45) is 0 Å². The Morgan fingerprint density at radius 3 is 2.24 bits per heavy atom. The van der Waals surface area contributed by atoms with Gasteiger partial charge in [0, 0.05) is 24.7 Å². The largest absolute Gasteiger partial charge is 0.395 e. The van der Waals surface area contributed by atoms with Crippen LogP contribution in [0.15, 0.2) is 0 Å². The maximum Gasteiger partial charge on any atom is 0.0597 e. The molecule has 102 valence electrons. The van der Waals surface area contributed by atoms with Gasteiger partial charge < -0.3 is 15.3 Å². The van der Waals surface area contributed by atoms with Gasteiger partial charge in [0.05, 0.1) is 6.61 Å². The molecule has 1 atom stereocenters. The lowest BCUT2D eigenvalue weighted by atomic mass is 10.1. The average molecular weight is 242 g/mol. The molecule has 0 spiro atoms. The van der Waals surface area contributed by atoms with E-state index >= 15 is 0 Å². The fraction of sp³-hybridized carbons (Fsp3) is 1.00. The Kier molecular flexibility index (Phi) is 7.09. The van der Waals surface area contributed by atoms with E-state index in [-0.39, 0.29) is 12.6 Å². The van der Waals surface area contributed by atoms with E-state index in [1.807, 2.05) is 0 Å². The SMILES string of the molecule is CC(C)NC(CO)CN(C)C1CCCCCC1. The smallest absolute Gasteiger partial charge is 0.0597 e. The number of hydrogen-bond donors (Lipinski definition) is 2. The van der Waals surface area contributed by atoms with Crippen molar-refractivity contribution in [3.8, 4) is 0 Å². The lowest BCUT2D eigenvalue weighted by molar-refractivity contribution is 0.155. The van der Waals surface area contributed by atoms with Crippen molar-refractivity contribution in [2.45, 2.75) is 70.5 Å². The van der Waals surface area contributed by atoms with Crippen LogP contribution in [0.3, 0.4) is 0 Å². The number of hydrogen-bond acceptors (Lipinski definition) is 3. The zero-order chi connectivity index (χ0) is 12.7. The van der Waals surface area contributed by atoms with Gasteiger partial charge in [-0.05, 0) is 19.9 Å². The van der Waals surface area contributed by atoms with E-state index < -0.39 is 0 Å². The highest BCUT2D eigenvalue weighted by molar-refractivity contribution is 4.78. The highest BCUT2D eigenvalue weighted by atomic mass is 16.3. The molecular formula is C14H30N2O. The van der Waals surface area contributed by atoms with Gasteiger partial charge in [-0.1, -0.05) is 39.5 Å². The van der Waals surface area contributed by atoms with Crippen LogP contribution in [-0.4, -0.2) is 48.3 Å². The van der Waals surface area contributed by atoms with E-state index in [1.54, 1.807) is 0 Å². The van der Waals surface area contributed by atoms with Crippen molar-refractivity contribution in [3.63, 3.8) is 0 Å². The molecule has 3 heteroatoms. The molecule has 1 aliphatic carbocycles. The van der Waals surface area contributed by atoms with Crippen molar-refractivity contribution in [1.29, 1.82) is 0 Å². The molecule has 0 aromatic heterocycles. The number of aliphatic hydroxyl groups excluding tert-OH is 1. The van der Waals surface area contributed by atoms with Gasteiger partial charge in [-0.2, -0.15) is 0 Å². The second-order valence-electron chi connectivity index (χ2n) is 5.79. The minimum Gasteiger partial charge on any atom is -0.395 e. The minimum atomic E-state index is 0.211. The van der Waals surface area contributed by atoms with Crippen LogP contribution in [0.1, 0.15) is 52.4 Å². The summed E-state index contributed by atoms with van der Waals surface area (Å²) < 4.78 is 0. The summed E-state index contributed by atoms with van der Waals surface area (Å²) in [5.74, 6) is 0. The van der Waals surface area contributed by atoms with E-state index in [9.17, 15) is 5.11 Å². The first-order valence-corrected chi connectivity index (χ1v) is 7.20. The third-order valence-corrected chi connectivity index (χ3v) is 3.75. The van der Waals surface area contributed by atoms with Gasteiger partial charge >= 0.3 is 0 Å². The van der Waals surface area contributed by atoms with Crippen LogP contribution < -0.4 is 5.32 Å². The van der Waals surface area contributed by atoms with E-state index in [0.717, 1.165) is 12.6 Å². The topological polar surface area (TPSA) is 35.5 Å². The van der Waals surface area contributed by atoms with E-state index in [0.29, 0.717) is 6.04 Å². The van der Waals surface area contributed by atoms with Gasteiger partial charge in [0.15, 0.2) is 0 Å². The van der Waals surface area contributed by atoms with Crippen molar-refractivity contribution in [1.82, 2.24) is 10.2 Å². The quantitative estimate of drug-likeness (QED) is 0.699. The molecule has 1 unspecified atom stereocenters. The maximum atomic E-state index is 9.39. The van der Waals surface area contributed by atoms with Crippen LogP contribution in [0.5, 0.6) is 0 Å². The van der Waals surface area contributed by atoms with Crippen LogP contribution in [0.25, 0.3) is 0 Å². The number of aliphatic hydroxyl groups is 1. The summed E-state index contributed by atoms with van der Waals surface area (Å²) in [6.07, 6.45) is 8.20. The Hall–Kier alpha value is -0.120. The Morgan fingerprint density at radius 2 is 1.76 bits per heavy atom. The molecule has 1 saturated carbocycles. The van der Waals surface area contributed by atoms with Crippen LogP contribution in [0, 0.1) is 0 Å². The summed E-state index contributed by atoms with van der Waals surface area (Å²) in [7, 11) is 2.21. The van der Waals surface area contributed by atoms with Crippen LogP contribution in [-0.2, 0) is 0 Å². The molecule has 17 heavy (non-hydrogen) atoms. The van der Waals surface area contributed by atoms with Gasteiger partial charge in [-0.3, -0.25) is 0 Å². The van der Waals surface area contributed by atoms with Crippen molar-refractivity contribution in [3.05, 3.63) is 0 Å². The summed E-state index contributed by atoms with van der Waals surface area (Å²) in [5, 5.41) is 12.8. The molecule has 0 amide bonds. The van der Waals surface area contributed by atoms with Gasteiger partial charge in [0.1, 0.15) is 0 Å². The molecule has 1 aliphatic rings. The zero-order valence-electron chi connectivity index (χ0n) is 11.8. The predicted octanol–water partition coefficient (Wildman–Crippen LogP) is 2.00. The summed E-state index contributed by atoms with van der Waals surface area (Å²) in [5.41, 5.74) is 0.